The summed E-state index contributed by atoms with van der Waals surface area (Å²) in [5, 5.41) is 10.6. The summed E-state index contributed by atoms with van der Waals surface area (Å²) in [6.45, 7) is 1.57. The quantitative estimate of drug-likeness (QED) is 0.743. The van der Waals surface area contributed by atoms with Gasteiger partial charge in [0.15, 0.2) is 0 Å². The van der Waals surface area contributed by atoms with E-state index in [2.05, 4.69) is 22.6 Å². The molecule has 0 heterocycles. The molecule has 0 aliphatic rings. The van der Waals surface area contributed by atoms with Crippen LogP contribution in [0.2, 0.25) is 0 Å². The molecule has 0 radical (unpaired) electrons. The van der Waals surface area contributed by atoms with Gasteiger partial charge in [0.05, 0.1) is 5.56 Å². The zero-order chi connectivity index (χ0) is 15.0. The van der Waals surface area contributed by atoms with Crippen molar-refractivity contribution < 1.29 is 18.3 Å². The summed E-state index contributed by atoms with van der Waals surface area (Å²) in [5.41, 5.74) is -0.988. The van der Waals surface area contributed by atoms with Crippen LogP contribution in [0.5, 0.6) is 0 Å². The number of rotatable bonds is 2. The summed E-state index contributed by atoms with van der Waals surface area (Å²) in [5.74, 6) is 0. The Morgan fingerprint density at radius 1 is 0.800 bits per heavy atom. The van der Waals surface area contributed by atoms with Crippen molar-refractivity contribution in [1.29, 1.82) is 0 Å². The van der Waals surface area contributed by atoms with Gasteiger partial charge in [-0.15, -0.1) is 0 Å². The molecule has 1 unspecified atom stereocenters. The molecular formula is C15H12F3IO. The van der Waals surface area contributed by atoms with E-state index in [1.165, 1.54) is 12.1 Å². The Morgan fingerprint density at radius 2 is 1.15 bits per heavy atom. The van der Waals surface area contributed by atoms with Crippen LogP contribution in [0.1, 0.15) is 23.6 Å². The fourth-order valence-corrected chi connectivity index (χ4v) is 2.28. The maximum absolute atomic E-state index is 12.5. The van der Waals surface area contributed by atoms with Crippen LogP contribution >= 0.6 is 22.6 Å². The predicted octanol–water partition coefficient (Wildman–Crippen LogP) is 4.57. The average molecular weight is 392 g/mol. The summed E-state index contributed by atoms with van der Waals surface area (Å²) in [6, 6.07) is 11.8. The smallest absolute Gasteiger partial charge is 0.381 e. The molecule has 0 aromatic heterocycles. The van der Waals surface area contributed by atoms with E-state index in [1.807, 2.05) is 12.1 Å². The Balaban J connectivity index is 2.37. The lowest BCUT2D eigenvalue weighted by Crippen LogP contribution is -2.23. The van der Waals surface area contributed by atoms with Gasteiger partial charge in [-0.3, -0.25) is 0 Å². The number of halogens is 4. The van der Waals surface area contributed by atoms with Gasteiger partial charge in [0.1, 0.15) is 5.60 Å². The highest BCUT2D eigenvalue weighted by atomic mass is 127. The number of aliphatic hydroxyl groups is 1. The van der Waals surface area contributed by atoms with Crippen LogP contribution in [0.15, 0.2) is 48.5 Å². The van der Waals surface area contributed by atoms with Crippen molar-refractivity contribution in [3.8, 4) is 0 Å². The van der Waals surface area contributed by atoms with Gasteiger partial charge in [-0.25, -0.2) is 0 Å². The Morgan fingerprint density at radius 3 is 1.55 bits per heavy atom. The molecule has 0 saturated heterocycles. The minimum Gasteiger partial charge on any atom is -0.381 e. The van der Waals surface area contributed by atoms with Gasteiger partial charge in [-0.1, -0.05) is 24.3 Å². The standard InChI is InChI=1S/C15H12F3IO/c1-14(20,11-6-8-13(19)9-7-11)10-2-4-12(5-3-10)15(16,17)18/h2-9,20H,1H3. The fourth-order valence-electron chi connectivity index (χ4n) is 1.92. The van der Waals surface area contributed by atoms with E-state index in [4.69, 9.17) is 0 Å². The van der Waals surface area contributed by atoms with Crippen LogP contribution in [0.25, 0.3) is 0 Å². The van der Waals surface area contributed by atoms with E-state index in [1.54, 1.807) is 19.1 Å². The van der Waals surface area contributed by atoms with E-state index in [0.29, 0.717) is 11.1 Å². The van der Waals surface area contributed by atoms with Crippen molar-refractivity contribution in [3.05, 3.63) is 68.8 Å². The molecule has 2 aromatic rings. The minimum absolute atomic E-state index is 0.423. The van der Waals surface area contributed by atoms with E-state index in [0.717, 1.165) is 15.7 Å². The molecule has 0 fully saturated rings. The van der Waals surface area contributed by atoms with Gasteiger partial charge < -0.3 is 5.11 Å². The average Bonchev–Trinajstić information content (AvgIpc) is 2.38. The second-order valence-corrected chi connectivity index (χ2v) is 5.90. The van der Waals surface area contributed by atoms with Crippen LogP contribution in [0, 0.1) is 3.57 Å². The zero-order valence-corrected chi connectivity index (χ0v) is 12.7. The van der Waals surface area contributed by atoms with Crippen LogP contribution < -0.4 is 0 Å². The number of hydrogen-bond donors (Lipinski definition) is 1. The predicted molar refractivity (Wildman–Crippen MR) is 79.3 cm³/mol. The van der Waals surface area contributed by atoms with Crippen LogP contribution in [0.3, 0.4) is 0 Å². The molecule has 1 N–H and O–H groups in total. The minimum atomic E-state index is -4.37. The van der Waals surface area contributed by atoms with Crippen molar-refractivity contribution >= 4 is 22.6 Å². The normalized spacial score (nSPS) is 14.9. The Kier molecular flexibility index (Phi) is 4.11. The van der Waals surface area contributed by atoms with Gasteiger partial charge in [0.25, 0.3) is 0 Å². The molecule has 0 aliphatic heterocycles. The zero-order valence-electron chi connectivity index (χ0n) is 10.6. The molecule has 20 heavy (non-hydrogen) atoms. The fraction of sp³-hybridized carbons (Fsp3) is 0.200. The first kappa shape index (κ1) is 15.3. The molecule has 1 atom stereocenters. The summed E-state index contributed by atoms with van der Waals surface area (Å²) >= 11 is 2.15. The molecular weight excluding hydrogens is 380 g/mol. The number of alkyl halides is 3. The van der Waals surface area contributed by atoms with Crippen molar-refractivity contribution in [2.75, 3.05) is 0 Å². The molecule has 2 rings (SSSR count). The lowest BCUT2D eigenvalue weighted by Gasteiger charge is -2.25. The first-order valence-corrected chi connectivity index (χ1v) is 6.95. The first-order chi connectivity index (χ1) is 9.21. The monoisotopic (exact) mass is 392 g/mol. The highest BCUT2D eigenvalue weighted by molar-refractivity contribution is 14.1. The van der Waals surface area contributed by atoms with Crippen molar-refractivity contribution in [2.45, 2.75) is 18.7 Å². The number of benzene rings is 2. The van der Waals surface area contributed by atoms with E-state index in [9.17, 15) is 18.3 Å². The van der Waals surface area contributed by atoms with Crippen molar-refractivity contribution in [1.82, 2.24) is 0 Å². The summed E-state index contributed by atoms with van der Waals surface area (Å²) in [4.78, 5) is 0. The molecule has 0 saturated carbocycles. The lowest BCUT2D eigenvalue weighted by atomic mass is 9.88. The molecule has 106 valence electrons. The SMILES string of the molecule is CC(O)(c1ccc(I)cc1)c1ccc(C(F)(F)F)cc1. The Labute approximate surface area is 128 Å². The van der Waals surface area contributed by atoms with E-state index in [-0.39, 0.29) is 0 Å². The topological polar surface area (TPSA) is 20.2 Å². The lowest BCUT2D eigenvalue weighted by molar-refractivity contribution is -0.137. The molecule has 0 aliphatic carbocycles. The van der Waals surface area contributed by atoms with Gasteiger partial charge in [-0.2, -0.15) is 13.2 Å². The third-order valence-electron chi connectivity index (χ3n) is 3.18. The second kappa shape index (κ2) is 5.37. The Hall–Kier alpha value is -1.08. The van der Waals surface area contributed by atoms with Crippen molar-refractivity contribution in [2.24, 2.45) is 0 Å². The molecule has 0 amide bonds. The van der Waals surface area contributed by atoms with Gasteiger partial charge in [0.2, 0.25) is 0 Å². The van der Waals surface area contributed by atoms with E-state index < -0.39 is 17.3 Å². The van der Waals surface area contributed by atoms with Crippen molar-refractivity contribution in [3.63, 3.8) is 0 Å². The first-order valence-electron chi connectivity index (χ1n) is 5.87. The maximum Gasteiger partial charge on any atom is 0.416 e. The van der Waals surface area contributed by atoms with Crippen LogP contribution in [-0.4, -0.2) is 5.11 Å². The third kappa shape index (κ3) is 3.15. The second-order valence-electron chi connectivity index (χ2n) is 4.65. The molecule has 5 heteroatoms. The van der Waals surface area contributed by atoms with Gasteiger partial charge in [-0.05, 0) is 64.9 Å². The van der Waals surface area contributed by atoms with Gasteiger partial charge in [0, 0.05) is 3.57 Å². The van der Waals surface area contributed by atoms with Gasteiger partial charge >= 0.3 is 6.18 Å². The third-order valence-corrected chi connectivity index (χ3v) is 3.90. The largest absolute Gasteiger partial charge is 0.416 e. The maximum atomic E-state index is 12.5. The molecule has 2 aromatic carbocycles. The summed E-state index contributed by atoms with van der Waals surface area (Å²) in [6.07, 6.45) is -4.37. The summed E-state index contributed by atoms with van der Waals surface area (Å²) in [7, 11) is 0. The van der Waals surface area contributed by atoms with Crippen LogP contribution in [0.4, 0.5) is 13.2 Å². The molecule has 1 nitrogen and oxygen atoms in total. The highest BCUT2D eigenvalue weighted by Crippen LogP contribution is 2.33. The number of hydrogen-bond acceptors (Lipinski definition) is 1. The molecule has 0 bridgehead atoms. The summed E-state index contributed by atoms with van der Waals surface area (Å²) < 4.78 is 38.6. The Bertz CT molecular complexity index is 586. The highest BCUT2D eigenvalue weighted by Gasteiger charge is 2.31. The molecule has 0 spiro atoms. The van der Waals surface area contributed by atoms with Crippen LogP contribution in [-0.2, 0) is 11.8 Å². The van der Waals surface area contributed by atoms with E-state index >= 15 is 0 Å².